The molecule has 1 unspecified atom stereocenters. The molecule has 0 saturated carbocycles. The number of methoxy groups -OCH3 is 1. The van der Waals surface area contributed by atoms with Gasteiger partial charge < -0.3 is 14.4 Å². The van der Waals surface area contributed by atoms with Gasteiger partial charge in [-0.25, -0.2) is 14.8 Å². The van der Waals surface area contributed by atoms with E-state index in [1.807, 2.05) is 29.2 Å². The first-order chi connectivity index (χ1) is 12.2. The van der Waals surface area contributed by atoms with Crippen LogP contribution in [-0.2, 0) is 6.42 Å². The number of aromatic nitrogens is 2. The Balaban J connectivity index is 1.51. The lowest BCUT2D eigenvalue weighted by Crippen LogP contribution is -2.32. The van der Waals surface area contributed by atoms with E-state index in [4.69, 9.17) is 9.47 Å². The van der Waals surface area contributed by atoms with Crippen molar-refractivity contribution in [2.75, 3.05) is 25.5 Å². The van der Waals surface area contributed by atoms with E-state index in [-0.39, 0.29) is 12.1 Å². The number of benzene rings is 1. The average Bonchev–Trinajstić information content (AvgIpc) is 3.32. The zero-order valence-corrected chi connectivity index (χ0v) is 14.1. The van der Waals surface area contributed by atoms with Gasteiger partial charge in [0.25, 0.3) is 0 Å². The number of fused-ring (bicyclic) bond motifs is 1. The van der Waals surface area contributed by atoms with E-state index < -0.39 is 0 Å². The summed E-state index contributed by atoms with van der Waals surface area (Å²) in [5.74, 6) is 1.88. The molecule has 3 heterocycles. The van der Waals surface area contributed by atoms with Crippen molar-refractivity contribution in [3.05, 3.63) is 41.7 Å². The van der Waals surface area contributed by atoms with Gasteiger partial charge in [-0.1, -0.05) is 12.1 Å². The summed E-state index contributed by atoms with van der Waals surface area (Å²) in [6.07, 6.45) is 4.02. The van der Waals surface area contributed by atoms with E-state index in [9.17, 15) is 4.79 Å². The summed E-state index contributed by atoms with van der Waals surface area (Å²) in [5.41, 5.74) is 1.88. The number of ether oxygens (including phenoxy) is 2. The van der Waals surface area contributed by atoms with Crippen molar-refractivity contribution in [2.24, 2.45) is 0 Å². The van der Waals surface area contributed by atoms with Crippen molar-refractivity contribution < 1.29 is 14.3 Å². The summed E-state index contributed by atoms with van der Waals surface area (Å²) in [5, 5.41) is 2.91. The highest BCUT2D eigenvalue weighted by Crippen LogP contribution is 2.38. The summed E-state index contributed by atoms with van der Waals surface area (Å²) >= 11 is 0. The van der Waals surface area contributed by atoms with Crippen LogP contribution in [0.15, 0.2) is 30.6 Å². The Morgan fingerprint density at radius 1 is 1.24 bits per heavy atom. The molecule has 25 heavy (non-hydrogen) atoms. The minimum Gasteiger partial charge on any atom is -0.497 e. The van der Waals surface area contributed by atoms with Crippen LogP contribution in [0.4, 0.5) is 10.6 Å². The number of carbonyl (C=O) groups excluding carboxylic acids is 1. The van der Waals surface area contributed by atoms with Crippen molar-refractivity contribution in [3.63, 3.8) is 0 Å². The zero-order valence-electron chi connectivity index (χ0n) is 14.1. The molecule has 0 bridgehead atoms. The van der Waals surface area contributed by atoms with Crippen LogP contribution >= 0.6 is 0 Å². The molecule has 0 radical (unpaired) electrons. The zero-order chi connectivity index (χ0) is 17.2. The first kappa shape index (κ1) is 15.7. The van der Waals surface area contributed by atoms with Crippen molar-refractivity contribution in [2.45, 2.75) is 25.4 Å². The fourth-order valence-corrected chi connectivity index (χ4v) is 3.26. The van der Waals surface area contributed by atoms with Gasteiger partial charge in [0.15, 0.2) is 0 Å². The van der Waals surface area contributed by atoms with Gasteiger partial charge in [0.1, 0.15) is 24.0 Å². The number of likely N-dealkylation sites (tertiary alicyclic amines) is 1. The highest BCUT2D eigenvalue weighted by Gasteiger charge is 2.30. The SMILES string of the molecule is COc1ccc(C2Cc3c(NC(=O)N4CCCC4)ncnc3O2)cc1. The first-order valence-corrected chi connectivity index (χ1v) is 8.45. The van der Waals surface area contributed by atoms with Crippen LogP contribution in [0.3, 0.4) is 0 Å². The molecule has 2 aliphatic heterocycles. The maximum Gasteiger partial charge on any atom is 0.323 e. The first-order valence-electron chi connectivity index (χ1n) is 8.45. The summed E-state index contributed by atoms with van der Waals surface area (Å²) in [7, 11) is 1.64. The Bertz CT molecular complexity index is 772. The number of anilines is 1. The highest BCUT2D eigenvalue weighted by molar-refractivity contribution is 5.89. The largest absolute Gasteiger partial charge is 0.497 e. The van der Waals surface area contributed by atoms with E-state index in [2.05, 4.69) is 15.3 Å². The van der Waals surface area contributed by atoms with Crippen molar-refractivity contribution in [1.82, 2.24) is 14.9 Å². The number of hydrogen-bond donors (Lipinski definition) is 1. The average molecular weight is 340 g/mol. The fourth-order valence-electron chi connectivity index (χ4n) is 3.26. The lowest BCUT2D eigenvalue weighted by Gasteiger charge is -2.16. The van der Waals surface area contributed by atoms with Crippen LogP contribution in [-0.4, -0.2) is 41.1 Å². The lowest BCUT2D eigenvalue weighted by atomic mass is 10.0. The number of nitrogens with zero attached hydrogens (tertiary/aromatic N) is 3. The molecule has 130 valence electrons. The Morgan fingerprint density at radius 3 is 2.72 bits per heavy atom. The second-order valence-corrected chi connectivity index (χ2v) is 6.21. The second-order valence-electron chi connectivity index (χ2n) is 6.21. The van der Waals surface area contributed by atoms with E-state index in [1.54, 1.807) is 7.11 Å². The summed E-state index contributed by atoms with van der Waals surface area (Å²) in [4.78, 5) is 22.6. The number of urea groups is 1. The van der Waals surface area contributed by atoms with E-state index in [0.717, 1.165) is 42.8 Å². The summed E-state index contributed by atoms with van der Waals surface area (Å²) < 4.78 is 11.1. The molecule has 1 aromatic heterocycles. The molecule has 1 atom stereocenters. The van der Waals surface area contributed by atoms with Crippen molar-refractivity contribution in [1.29, 1.82) is 0 Å². The van der Waals surface area contributed by atoms with Gasteiger partial charge in [-0.05, 0) is 30.5 Å². The van der Waals surface area contributed by atoms with Crippen LogP contribution in [0.1, 0.15) is 30.1 Å². The summed E-state index contributed by atoms with van der Waals surface area (Å²) in [6, 6.07) is 7.66. The number of hydrogen-bond acceptors (Lipinski definition) is 5. The van der Waals surface area contributed by atoms with Gasteiger partial charge in [-0.15, -0.1) is 0 Å². The molecule has 1 N–H and O–H groups in total. The van der Waals surface area contributed by atoms with Crippen LogP contribution in [0, 0.1) is 0 Å². The van der Waals surface area contributed by atoms with Crippen molar-refractivity contribution >= 4 is 11.8 Å². The van der Waals surface area contributed by atoms with E-state index in [1.165, 1.54) is 6.33 Å². The molecule has 0 aliphatic carbocycles. The molecule has 7 heteroatoms. The van der Waals surface area contributed by atoms with E-state index >= 15 is 0 Å². The molecule has 1 aromatic carbocycles. The Morgan fingerprint density at radius 2 is 2.00 bits per heavy atom. The predicted molar refractivity (Wildman–Crippen MR) is 91.9 cm³/mol. The Hall–Kier alpha value is -2.83. The fraction of sp³-hybridized carbons (Fsp3) is 0.389. The number of rotatable bonds is 3. The third kappa shape index (κ3) is 3.09. The Kier molecular flexibility index (Phi) is 4.13. The third-order valence-electron chi connectivity index (χ3n) is 4.66. The molecule has 0 spiro atoms. The number of amides is 2. The normalized spacial score (nSPS) is 18.6. The van der Waals surface area contributed by atoms with Gasteiger partial charge >= 0.3 is 6.03 Å². The monoisotopic (exact) mass is 340 g/mol. The van der Waals surface area contributed by atoms with Gasteiger partial charge in [-0.3, -0.25) is 5.32 Å². The lowest BCUT2D eigenvalue weighted by molar-refractivity contribution is 0.222. The van der Waals surface area contributed by atoms with Crippen LogP contribution < -0.4 is 14.8 Å². The topological polar surface area (TPSA) is 76.6 Å². The molecule has 2 aromatic rings. The molecule has 4 rings (SSSR count). The van der Waals surface area contributed by atoms with Crippen LogP contribution in [0.5, 0.6) is 11.6 Å². The quantitative estimate of drug-likeness (QED) is 0.930. The van der Waals surface area contributed by atoms with Gasteiger partial charge in [0, 0.05) is 19.5 Å². The third-order valence-corrected chi connectivity index (χ3v) is 4.66. The van der Waals surface area contributed by atoms with Crippen molar-refractivity contribution in [3.8, 4) is 11.6 Å². The second kappa shape index (κ2) is 6.58. The van der Waals surface area contributed by atoms with Crippen LogP contribution in [0.25, 0.3) is 0 Å². The molecule has 2 aliphatic rings. The summed E-state index contributed by atoms with van der Waals surface area (Å²) in [6.45, 7) is 1.59. The molecule has 7 nitrogen and oxygen atoms in total. The maximum absolute atomic E-state index is 12.3. The molecule has 2 amide bonds. The molecule has 1 fully saturated rings. The highest BCUT2D eigenvalue weighted by atomic mass is 16.5. The van der Waals surface area contributed by atoms with Gasteiger partial charge in [-0.2, -0.15) is 0 Å². The Labute approximate surface area is 146 Å². The standard InChI is InChI=1S/C18H20N4O3/c1-24-13-6-4-12(5-7-13)15-10-14-16(19-11-20-17(14)25-15)21-18(23)22-8-2-3-9-22/h4-7,11,15H,2-3,8-10H2,1H3,(H,19,20,21,23). The molecule has 1 saturated heterocycles. The molecular weight excluding hydrogens is 320 g/mol. The van der Waals surface area contributed by atoms with Crippen LogP contribution in [0.2, 0.25) is 0 Å². The van der Waals surface area contributed by atoms with Gasteiger partial charge in [0.05, 0.1) is 12.7 Å². The predicted octanol–water partition coefficient (Wildman–Crippen LogP) is 2.79. The number of nitrogens with one attached hydrogen (secondary N) is 1. The number of carbonyl (C=O) groups is 1. The molecular formula is C18H20N4O3. The maximum atomic E-state index is 12.3. The van der Waals surface area contributed by atoms with E-state index in [0.29, 0.717) is 18.1 Å². The smallest absolute Gasteiger partial charge is 0.323 e. The minimum absolute atomic E-state index is 0.105. The minimum atomic E-state index is -0.139. The van der Waals surface area contributed by atoms with Gasteiger partial charge in [0.2, 0.25) is 5.88 Å².